The molecule has 6 nitrogen and oxygen atoms in total. The van der Waals surface area contributed by atoms with Crippen molar-refractivity contribution in [1.29, 1.82) is 0 Å². The normalized spacial score (nSPS) is 12.3. The molecule has 100 valence electrons. The Morgan fingerprint density at radius 1 is 1.47 bits per heavy atom. The highest BCUT2D eigenvalue weighted by atomic mass is 16.4. The summed E-state index contributed by atoms with van der Waals surface area (Å²) in [6, 6.07) is 4.29. The molecule has 2 N–H and O–H groups in total. The highest BCUT2D eigenvalue weighted by Gasteiger charge is 2.18. The van der Waals surface area contributed by atoms with Crippen molar-refractivity contribution in [3.8, 4) is 0 Å². The summed E-state index contributed by atoms with van der Waals surface area (Å²) in [6.45, 7) is 1.71. The number of carbonyl (C=O) groups excluding carboxylic acids is 1. The Bertz CT molecular complexity index is 633. The van der Waals surface area contributed by atoms with Gasteiger partial charge in [-0.1, -0.05) is 13.0 Å². The van der Waals surface area contributed by atoms with E-state index in [0.29, 0.717) is 12.0 Å². The van der Waals surface area contributed by atoms with Crippen LogP contribution in [0.25, 0.3) is 10.9 Å². The molecule has 0 saturated heterocycles. The second kappa shape index (κ2) is 5.09. The Hall–Kier alpha value is -2.37. The zero-order valence-electron chi connectivity index (χ0n) is 10.8. The fourth-order valence-electron chi connectivity index (χ4n) is 1.87. The maximum atomic E-state index is 12.0. The number of aromatic nitrogens is 2. The average Bonchev–Trinajstić information content (AvgIpc) is 2.76. The molecular weight excluding hydrogens is 246 g/mol. The van der Waals surface area contributed by atoms with E-state index < -0.39 is 17.9 Å². The van der Waals surface area contributed by atoms with Gasteiger partial charge in [0.2, 0.25) is 0 Å². The summed E-state index contributed by atoms with van der Waals surface area (Å²) in [7, 11) is 1.79. The van der Waals surface area contributed by atoms with Crippen molar-refractivity contribution >= 4 is 22.8 Å². The monoisotopic (exact) mass is 261 g/mol. The van der Waals surface area contributed by atoms with Crippen LogP contribution in [0.2, 0.25) is 0 Å². The molecule has 1 unspecified atom stereocenters. The SMILES string of the molecule is CCC(NC(=O)c1ccc2cnn(C)c2c1)C(=O)O. The van der Waals surface area contributed by atoms with Gasteiger partial charge in [-0.3, -0.25) is 9.48 Å². The first kappa shape index (κ1) is 13.1. The zero-order valence-corrected chi connectivity index (χ0v) is 10.8. The number of fused-ring (bicyclic) bond motifs is 1. The molecule has 1 atom stereocenters. The van der Waals surface area contributed by atoms with Gasteiger partial charge in [-0.2, -0.15) is 5.10 Å². The fraction of sp³-hybridized carbons (Fsp3) is 0.308. The number of amides is 1. The number of hydrogen-bond acceptors (Lipinski definition) is 3. The number of carbonyl (C=O) groups is 2. The van der Waals surface area contributed by atoms with E-state index in [1.54, 1.807) is 43.0 Å². The van der Waals surface area contributed by atoms with Crippen molar-refractivity contribution in [1.82, 2.24) is 15.1 Å². The lowest BCUT2D eigenvalue weighted by atomic mass is 10.1. The maximum Gasteiger partial charge on any atom is 0.326 e. The Labute approximate surface area is 110 Å². The third-order valence-electron chi connectivity index (χ3n) is 3.02. The van der Waals surface area contributed by atoms with Crippen LogP contribution in [0.15, 0.2) is 24.4 Å². The minimum atomic E-state index is -1.03. The Morgan fingerprint density at radius 2 is 2.21 bits per heavy atom. The zero-order chi connectivity index (χ0) is 14.0. The van der Waals surface area contributed by atoms with Gasteiger partial charge in [-0.25, -0.2) is 4.79 Å². The number of aliphatic carboxylic acids is 1. The summed E-state index contributed by atoms with van der Waals surface area (Å²) < 4.78 is 1.67. The van der Waals surface area contributed by atoms with Gasteiger partial charge in [-0.05, 0) is 18.6 Å². The molecule has 0 spiro atoms. The molecule has 0 aliphatic rings. The van der Waals surface area contributed by atoms with Crippen LogP contribution in [-0.4, -0.2) is 32.8 Å². The van der Waals surface area contributed by atoms with Crippen LogP contribution in [0.4, 0.5) is 0 Å². The van der Waals surface area contributed by atoms with Crippen LogP contribution in [0.1, 0.15) is 23.7 Å². The summed E-state index contributed by atoms with van der Waals surface area (Å²) in [4.78, 5) is 22.9. The molecule has 1 heterocycles. The van der Waals surface area contributed by atoms with Gasteiger partial charge in [0.1, 0.15) is 6.04 Å². The predicted octanol–water partition coefficient (Wildman–Crippen LogP) is 1.17. The van der Waals surface area contributed by atoms with E-state index in [0.717, 1.165) is 10.9 Å². The quantitative estimate of drug-likeness (QED) is 0.865. The molecule has 19 heavy (non-hydrogen) atoms. The largest absolute Gasteiger partial charge is 0.480 e. The topological polar surface area (TPSA) is 84.2 Å². The lowest BCUT2D eigenvalue weighted by Crippen LogP contribution is -2.40. The standard InChI is InChI=1S/C13H15N3O3/c1-3-10(13(18)19)15-12(17)8-4-5-9-7-14-16(2)11(9)6-8/h4-7,10H,3H2,1-2H3,(H,15,17)(H,18,19). The number of carboxylic acids is 1. The van der Waals surface area contributed by atoms with Gasteiger partial charge < -0.3 is 10.4 Å². The highest BCUT2D eigenvalue weighted by molar-refractivity contribution is 5.99. The van der Waals surface area contributed by atoms with Gasteiger partial charge in [0.15, 0.2) is 0 Å². The first-order valence-electron chi connectivity index (χ1n) is 5.98. The highest BCUT2D eigenvalue weighted by Crippen LogP contribution is 2.15. The summed E-state index contributed by atoms with van der Waals surface area (Å²) in [5.74, 6) is -1.42. The van der Waals surface area contributed by atoms with Crippen LogP contribution in [0, 0.1) is 0 Å². The number of nitrogens with zero attached hydrogens (tertiary/aromatic N) is 2. The van der Waals surface area contributed by atoms with E-state index in [-0.39, 0.29) is 0 Å². The van der Waals surface area contributed by atoms with Crippen LogP contribution in [0.3, 0.4) is 0 Å². The van der Waals surface area contributed by atoms with Crippen LogP contribution in [-0.2, 0) is 11.8 Å². The molecule has 1 aromatic carbocycles. The number of carboxylic acid groups (broad SMARTS) is 1. The fourth-order valence-corrected chi connectivity index (χ4v) is 1.87. The second-order valence-electron chi connectivity index (χ2n) is 4.31. The Balaban J connectivity index is 2.26. The molecule has 0 aliphatic heterocycles. The molecule has 0 radical (unpaired) electrons. The molecule has 1 aromatic heterocycles. The van der Waals surface area contributed by atoms with E-state index in [2.05, 4.69) is 10.4 Å². The van der Waals surface area contributed by atoms with Crippen molar-refractivity contribution in [3.05, 3.63) is 30.0 Å². The van der Waals surface area contributed by atoms with E-state index in [1.165, 1.54) is 0 Å². The van der Waals surface area contributed by atoms with Gasteiger partial charge >= 0.3 is 5.97 Å². The van der Waals surface area contributed by atoms with Crippen molar-refractivity contribution in [2.45, 2.75) is 19.4 Å². The van der Waals surface area contributed by atoms with Gasteiger partial charge in [-0.15, -0.1) is 0 Å². The van der Waals surface area contributed by atoms with Crippen molar-refractivity contribution in [2.75, 3.05) is 0 Å². The molecule has 6 heteroatoms. The summed E-state index contributed by atoms with van der Waals surface area (Å²) in [5, 5.41) is 16.4. The third-order valence-corrected chi connectivity index (χ3v) is 3.02. The summed E-state index contributed by atoms with van der Waals surface area (Å²) in [6.07, 6.45) is 2.05. The number of hydrogen-bond donors (Lipinski definition) is 2. The molecule has 0 saturated carbocycles. The molecular formula is C13H15N3O3. The van der Waals surface area contributed by atoms with Crippen LogP contribution < -0.4 is 5.32 Å². The molecule has 0 fully saturated rings. The Kier molecular flexibility index (Phi) is 3.50. The Morgan fingerprint density at radius 3 is 2.84 bits per heavy atom. The van der Waals surface area contributed by atoms with E-state index in [9.17, 15) is 9.59 Å². The molecule has 0 bridgehead atoms. The summed E-state index contributed by atoms with van der Waals surface area (Å²) >= 11 is 0. The number of aryl methyl sites for hydroxylation is 1. The molecule has 2 rings (SSSR count). The molecule has 1 amide bonds. The van der Waals surface area contributed by atoms with Crippen molar-refractivity contribution in [3.63, 3.8) is 0 Å². The number of benzene rings is 1. The number of nitrogens with one attached hydrogen (secondary N) is 1. The average molecular weight is 261 g/mol. The third kappa shape index (κ3) is 2.57. The first-order valence-corrected chi connectivity index (χ1v) is 5.98. The second-order valence-corrected chi connectivity index (χ2v) is 4.31. The van der Waals surface area contributed by atoms with Gasteiger partial charge in [0.05, 0.1) is 11.7 Å². The van der Waals surface area contributed by atoms with Gasteiger partial charge in [0.25, 0.3) is 5.91 Å². The smallest absolute Gasteiger partial charge is 0.326 e. The van der Waals surface area contributed by atoms with Crippen molar-refractivity contribution in [2.24, 2.45) is 7.05 Å². The lowest BCUT2D eigenvalue weighted by Gasteiger charge is -2.12. The lowest BCUT2D eigenvalue weighted by molar-refractivity contribution is -0.139. The van der Waals surface area contributed by atoms with Crippen LogP contribution in [0.5, 0.6) is 0 Å². The van der Waals surface area contributed by atoms with Crippen LogP contribution >= 0.6 is 0 Å². The van der Waals surface area contributed by atoms with E-state index in [4.69, 9.17) is 5.11 Å². The molecule has 2 aromatic rings. The minimum Gasteiger partial charge on any atom is -0.480 e. The predicted molar refractivity (Wildman–Crippen MR) is 69.9 cm³/mol. The van der Waals surface area contributed by atoms with E-state index in [1.807, 2.05) is 0 Å². The first-order chi connectivity index (χ1) is 9.02. The maximum absolute atomic E-state index is 12.0. The summed E-state index contributed by atoms with van der Waals surface area (Å²) in [5.41, 5.74) is 1.26. The number of rotatable bonds is 4. The molecule has 0 aliphatic carbocycles. The van der Waals surface area contributed by atoms with Crippen molar-refractivity contribution < 1.29 is 14.7 Å². The van der Waals surface area contributed by atoms with Gasteiger partial charge in [0, 0.05) is 18.0 Å². The van der Waals surface area contributed by atoms with E-state index >= 15 is 0 Å². The minimum absolute atomic E-state index is 0.342.